The van der Waals surface area contributed by atoms with E-state index in [1.165, 1.54) is 11.3 Å². The Bertz CT molecular complexity index is 431. The first-order valence-corrected chi connectivity index (χ1v) is 5.54. The number of rotatable bonds is 3. The zero-order valence-corrected chi connectivity index (χ0v) is 9.29. The molecule has 2 rings (SSSR count). The van der Waals surface area contributed by atoms with Gasteiger partial charge in [-0.3, -0.25) is 5.84 Å². The lowest BCUT2D eigenvalue weighted by Gasteiger charge is -2.12. The van der Waals surface area contributed by atoms with E-state index < -0.39 is 0 Å². The summed E-state index contributed by atoms with van der Waals surface area (Å²) in [5.41, 5.74) is 2.66. The maximum Gasteiger partial charge on any atom is 0.151 e. The van der Waals surface area contributed by atoms with Gasteiger partial charge in [0.05, 0.1) is 5.02 Å². The van der Waals surface area contributed by atoms with E-state index in [0.717, 1.165) is 4.88 Å². The van der Waals surface area contributed by atoms with Crippen molar-refractivity contribution in [1.29, 1.82) is 0 Å². The average Bonchev–Trinajstić information content (AvgIpc) is 2.68. The van der Waals surface area contributed by atoms with Crippen LogP contribution in [-0.2, 0) is 0 Å². The highest BCUT2D eigenvalue weighted by Crippen LogP contribution is 2.30. The second-order valence-corrected chi connectivity index (χ2v) is 4.19. The molecule has 4 nitrogen and oxygen atoms in total. The van der Waals surface area contributed by atoms with Gasteiger partial charge in [-0.2, -0.15) is 0 Å². The lowest BCUT2D eigenvalue weighted by Crippen LogP contribution is -2.29. The topological polar surface area (TPSA) is 63.8 Å². The maximum atomic E-state index is 6.02. The molecule has 3 N–H and O–H groups in total. The summed E-state index contributed by atoms with van der Waals surface area (Å²) in [6, 6.07) is 3.33. The Labute approximate surface area is 96.1 Å². The van der Waals surface area contributed by atoms with Crippen LogP contribution in [0.25, 0.3) is 0 Å². The molecule has 0 bridgehead atoms. The van der Waals surface area contributed by atoms with Gasteiger partial charge in [0.15, 0.2) is 5.82 Å². The summed E-state index contributed by atoms with van der Waals surface area (Å²) in [5.74, 6) is 6.10. The van der Waals surface area contributed by atoms with E-state index in [0.29, 0.717) is 10.8 Å². The molecule has 2 heterocycles. The molecule has 1 atom stereocenters. The Morgan fingerprint density at radius 2 is 2.13 bits per heavy atom. The third-order valence-corrected chi connectivity index (χ3v) is 3.34. The first-order valence-electron chi connectivity index (χ1n) is 4.29. The summed E-state index contributed by atoms with van der Waals surface area (Å²) in [6.07, 6.45) is 3.35. The molecule has 0 spiro atoms. The Balaban J connectivity index is 2.37. The van der Waals surface area contributed by atoms with Crippen molar-refractivity contribution in [3.05, 3.63) is 45.6 Å². The monoisotopic (exact) mass is 240 g/mol. The number of hydrogen-bond acceptors (Lipinski definition) is 5. The van der Waals surface area contributed by atoms with Gasteiger partial charge in [0.1, 0.15) is 6.04 Å². The molecule has 2 aromatic heterocycles. The van der Waals surface area contributed by atoms with Crippen LogP contribution in [0.5, 0.6) is 0 Å². The van der Waals surface area contributed by atoms with E-state index >= 15 is 0 Å². The second kappa shape index (κ2) is 4.67. The molecule has 78 valence electrons. The number of nitrogens with two attached hydrogens (primary N) is 1. The minimum Gasteiger partial charge on any atom is -0.270 e. The van der Waals surface area contributed by atoms with Crippen LogP contribution < -0.4 is 11.3 Å². The molecule has 0 amide bonds. The molecule has 0 aliphatic heterocycles. The van der Waals surface area contributed by atoms with Crippen molar-refractivity contribution in [1.82, 2.24) is 15.4 Å². The van der Waals surface area contributed by atoms with Crippen molar-refractivity contribution in [2.45, 2.75) is 6.04 Å². The standard InChI is InChI=1S/C9H9ClN4S/c10-6-2-5-15-8(6)7(14-11)9-12-3-1-4-13-9/h1-5,7,14H,11H2. The van der Waals surface area contributed by atoms with Gasteiger partial charge in [-0.1, -0.05) is 11.6 Å². The molecular weight excluding hydrogens is 232 g/mol. The largest absolute Gasteiger partial charge is 0.270 e. The van der Waals surface area contributed by atoms with Gasteiger partial charge in [-0.15, -0.1) is 11.3 Å². The summed E-state index contributed by atoms with van der Waals surface area (Å²) in [7, 11) is 0. The number of hydrogen-bond donors (Lipinski definition) is 2. The molecule has 0 aliphatic rings. The minimum absolute atomic E-state index is 0.251. The van der Waals surface area contributed by atoms with Crippen molar-refractivity contribution in [3.8, 4) is 0 Å². The highest BCUT2D eigenvalue weighted by Gasteiger charge is 2.18. The molecule has 0 aliphatic carbocycles. The lowest BCUT2D eigenvalue weighted by atomic mass is 10.2. The normalized spacial score (nSPS) is 12.7. The third-order valence-electron chi connectivity index (χ3n) is 1.92. The zero-order chi connectivity index (χ0) is 10.7. The molecule has 2 aromatic rings. The van der Waals surface area contributed by atoms with E-state index in [9.17, 15) is 0 Å². The van der Waals surface area contributed by atoms with Crippen molar-refractivity contribution in [2.24, 2.45) is 5.84 Å². The fraction of sp³-hybridized carbons (Fsp3) is 0.111. The molecule has 0 radical (unpaired) electrons. The number of nitrogens with zero attached hydrogens (tertiary/aromatic N) is 2. The van der Waals surface area contributed by atoms with Gasteiger partial charge in [-0.25, -0.2) is 15.4 Å². The smallest absolute Gasteiger partial charge is 0.151 e. The Morgan fingerprint density at radius 1 is 1.40 bits per heavy atom. The number of thiophene rings is 1. The van der Waals surface area contributed by atoms with E-state index in [1.54, 1.807) is 18.5 Å². The predicted octanol–water partition coefficient (Wildman–Crippen LogP) is 1.74. The highest BCUT2D eigenvalue weighted by atomic mass is 35.5. The lowest BCUT2D eigenvalue weighted by molar-refractivity contribution is 0.610. The Morgan fingerprint density at radius 3 is 2.67 bits per heavy atom. The number of aromatic nitrogens is 2. The van der Waals surface area contributed by atoms with Crippen molar-refractivity contribution in [3.63, 3.8) is 0 Å². The highest BCUT2D eigenvalue weighted by molar-refractivity contribution is 7.10. The summed E-state index contributed by atoms with van der Waals surface area (Å²) >= 11 is 7.55. The van der Waals surface area contributed by atoms with E-state index in [2.05, 4.69) is 15.4 Å². The number of halogens is 1. The molecule has 0 aromatic carbocycles. The van der Waals surface area contributed by atoms with E-state index in [1.807, 2.05) is 11.4 Å². The molecular formula is C9H9ClN4S. The van der Waals surface area contributed by atoms with Crippen LogP contribution in [0, 0.1) is 0 Å². The maximum absolute atomic E-state index is 6.02. The van der Waals surface area contributed by atoms with Crippen LogP contribution in [0.4, 0.5) is 0 Å². The van der Waals surface area contributed by atoms with Gasteiger partial charge in [-0.05, 0) is 17.5 Å². The van der Waals surface area contributed by atoms with Gasteiger partial charge < -0.3 is 0 Å². The first kappa shape index (κ1) is 10.5. The molecule has 0 fully saturated rings. The van der Waals surface area contributed by atoms with Crippen LogP contribution in [-0.4, -0.2) is 9.97 Å². The summed E-state index contributed by atoms with van der Waals surface area (Å²) < 4.78 is 0. The van der Waals surface area contributed by atoms with Crippen LogP contribution in [0.3, 0.4) is 0 Å². The number of hydrazine groups is 1. The summed E-state index contributed by atoms with van der Waals surface area (Å²) in [4.78, 5) is 9.20. The van der Waals surface area contributed by atoms with Crippen molar-refractivity contribution < 1.29 is 0 Å². The van der Waals surface area contributed by atoms with Crippen LogP contribution in [0.1, 0.15) is 16.7 Å². The van der Waals surface area contributed by atoms with Gasteiger partial charge >= 0.3 is 0 Å². The van der Waals surface area contributed by atoms with E-state index in [4.69, 9.17) is 17.4 Å². The Hall–Kier alpha value is -1.01. The first-order chi connectivity index (χ1) is 7.33. The Kier molecular flexibility index (Phi) is 3.27. The fourth-order valence-electron chi connectivity index (χ4n) is 1.24. The molecule has 15 heavy (non-hydrogen) atoms. The second-order valence-electron chi connectivity index (χ2n) is 2.84. The van der Waals surface area contributed by atoms with Crippen molar-refractivity contribution >= 4 is 22.9 Å². The average molecular weight is 241 g/mol. The fourth-order valence-corrected chi connectivity index (χ4v) is 2.46. The SMILES string of the molecule is NNC(c1ncccn1)c1sccc1Cl. The van der Waals surface area contributed by atoms with Crippen LogP contribution in [0.2, 0.25) is 5.02 Å². The summed E-state index contributed by atoms with van der Waals surface area (Å²) in [5, 5.41) is 2.58. The van der Waals surface area contributed by atoms with Crippen LogP contribution >= 0.6 is 22.9 Å². The van der Waals surface area contributed by atoms with Gasteiger partial charge in [0.25, 0.3) is 0 Å². The third kappa shape index (κ3) is 2.15. The van der Waals surface area contributed by atoms with Gasteiger partial charge in [0.2, 0.25) is 0 Å². The minimum atomic E-state index is -0.251. The molecule has 1 unspecified atom stereocenters. The van der Waals surface area contributed by atoms with Crippen LogP contribution in [0.15, 0.2) is 29.9 Å². The zero-order valence-electron chi connectivity index (χ0n) is 7.72. The van der Waals surface area contributed by atoms with Crippen molar-refractivity contribution in [2.75, 3.05) is 0 Å². The quantitative estimate of drug-likeness (QED) is 0.634. The predicted molar refractivity (Wildman–Crippen MR) is 60.5 cm³/mol. The van der Waals surface area contributed by atoms with Gasteiger partial charge in [0, 0.05) is 17.3 Å². The summed E-state index contributed by atoms with van der Waals surface area (Å²) in [6.45, 7) is 0. The molecule has 6 heteroatoms. The van der Waals surface area contributed by atoms with E-state index in [-0.39, 0.29) is 6.04 Å². The molecule has 0 saturated carbocycles. The number of nitrogens with one attached hydrogen (secondary N) is 1. The molecule has 0 saturated heterocycles.